The summed E-state index contributed by atoms with van der Waals surface area (Å²) in [6.45, 7) is 4.33. The molecular formula is C22H56ClN10P3. The maximum absolute atomic E-state index is 6.15. The van der Waals surface area contributed by atoms with Crippen LogP contribution in [0.25, 0.3) is 0 Å². The molecule has 0 aromatic rings. The van der Waals surface area contributed by atoms with E-state index in [1.807, 2.05) is 0 Å². The molecule has 0 aromatic carbocycles. The Kier molecular flexibility index (Phi) is 14.0. The second-order valence-electron chi connectivity index (χ2n) is 10.9. The maximum atomic E-state index is 6.15. The highest BCUT2D eigenvalue weighted by Gasteiger charge is 2.59. The fraction of sp³-hybridized carbons (Fsp3) is 1.00. The molecule has 2 saturated heterocycles. The van der Waals surface area contributed by atoms with Gasteiger partial charge >= 0.3 is 7.87 Å². The maximum Gasteiger partial charge on any atom is 0.405 e. The Hall–Kier alpha value is 0.860. The number of halogens is 1. The molecule has 14 heteroatoms. The van der Waals surface area contributed by atoms with Crippen molar-refractivity contribution < 1.29 is 12.4 Å². The monoisotopic (exact) mass is 588 g/mol. The molecule has 0 unspecified atom stereocenters. The zero-order chi connectivity index (χ0) is 26.6. The van der Waals surface area contributed by atoms with Gasteiger partial charge in [0.2, 0.25) is 15.0 Å². The lowest BCUT2D eigenvalue weighted by molar-refractivity contribution is -0.00000842. The average Bonchev–Trinajstić information content (AvgIpc) is 2.79. The minimum absolute atomic E-state index is 0. The van der Waals surface area contributed by atoms with Crippen LogP contribution in [0.5, 0.6) is 0 Å². The van der Waals surface area contributed by atoms with E-state index in [1.54, 1.807) is 0 Å². The summed E-state index contributed by atoms with van der Waals surface area (Å²) < 4.78 is 32.0. The zero-order valence-corrected chi connectivity index (χ0v) is 28.7. The first-order valence-corrected chi connectivity index (χ1v) is 17.8. The second-order valence-corrected chi connectivity index (χ2v) is 21.5. The Labute approximate surface area is 230 Å². The van der Waals surface area contributed by atoms with E-state index in [2.05, 4.69) is 122 Å². The van der Waals surface area contributed by atoms with Gasteiger partial charge in [-0.15, -0.1) is 9.34 Å². The van der Waals surface area contributed by atoms with Crippen LogP contribution in [0.4, 0.5) is 0 Å². The van der Waals surface area contributed by atoms with Crippen molar-refractivity contribution in [1.82, 2.24) is 37.4 Å². The van der Waals surface area contributed by atoms with Crippen LogP contribution < -0.4 is 12.4 Å². The van der Waals surface area contributed by atoms with Crippen LogP contribution in [-0.4, -0.2) is 148 Å². The van der Waals surface area contributed by atoms with Crippen LogP contribution in [0.1, 0.15) is 38.5 Å². The van der Waals surface area contributed by atoms with Crippen molar-refractivity contribution in [2.75, 3.05) is 111 Å². The number of nitrogens with zero attached hydrogens (tertiary/aromatic N) is 10. The molecule has 0 bridgehead atoms. The van der Waals surface area contributed by atoms with Crippen molar-refractivity contribution >= 4 is 22.9 Å². The predicted octanol–water partition coefficient (Wildman–Crippen LogP) is 1.90. The van der Waals surface area contributed by atoms with Gasteiger partial charge in [0.25, 0.3) is 0 Å². The molecule has 2 aliphatic rings. The normalized spacial score (nSPS) is 19.6. The lowest BCUT2D eigenvalue weighted by Gasteiger charge is -2.47. The van der Waals surface area contributed by atoms with Crippen LogP contribution in [0, 0.1) is 0 Å². The first-order valence-electron chi connectivity index (χ1n) is 13.0. The van der Waals surface area contributed by atoms with Gasteiger partial charge in [-0.25, -0.2) is 28.0 Å². The predicted molar refractivity (Wildman–Crippen MR) is 159 cm³/mol. The average molecular weight is 589 g/mol. The Balaban J connectivity index is 0.00000648. The van der Waals surface area contributed by atoms with Gasteiger partial charge in [0.15, 0.2) is 0 Å². The quantitative estimate of drug-likeness (QED) is 0.359. The SMILES string of the molecule is CN(C)P(=N[P+](N=P(N(C)C)(N(C)C)N(C)C)(N1CCCCC1)N1CCCCC1)(N(C)C)N(C)C.[Cl-]. The van der Waals surface area contributed by atoms with E-state index >= 15 is 0 Å². The van der Waals surface area contributed by atoms with E-state index in [9.17, 15) is 0 Å². The summed E-state index contributed by atoms with van der Waals surface area (Å²) in [5, 5.41) is 0. The van der Waals surface area contributed by atoms with Gasteiger partial charge in [-0.2, -0.15) is 0 Å². The Morgan fingerprint density at radius 1 is 0.444 bits per heavy atom. The molecule has 2 heterocycles. The van der Waals surface area contributed by atoms with Gasteiger partial charge in [-0.1, -0.05) is 12.8 Å². The van der Waals surface area contributed by atoms with Crippen LogP contribution in [0.15, 0.2) is 9.03 Å². The van der Waals surface area contributed by atoms with Crippen LogP contribution in [0.2, 0.25) is 0 Å². The first kappa shape index (κ1) is 34.9. The van der Waals surface area contributed by atoms with Crippen molar-refractivity contribution in [1.29, 1.82) is 0 Å². The fourth-order valence-electron chi connectivity index (χ4n) is 5.66. The number of hydrogen-bond donors (Lipinski definition) is 0. The van der Waals surface area contributed by atoms with Gasteiger partial charge in [-0.3, -0.25) is 0 Å². The third kappa shape index (κ3) is 6.77. The summed E-state index contributed by atoms with van der Waals surface area (Å²) in [5.41, 5.74) is 0. The molecule has 0 amide bonds. The van der Waals surface area contributed by atoms with Crippen molar-refractivity contribution in [3.8, 4) is 0 Å². The third-order valence-electron chi connectivity index (χ3n) is 7.12. The van der Waals surface area contributed by atoms with Crippen LogP contribution in [0.3, 0.4) is 0 Å². The topological polar surface area (TPSA) is 50.6 Å². The highest BCUT2D eigenvalue weighted by atomic mass is 35.5. The van der Waals surface area contributed by atoms with E-state index in [1.165, 1.54) is 38.5 Å². The van der Waals surface area contributed by atoms with E-state index in [0.717, 1.165) is 26.2 Å². The molecular weight excluding hydrogens is 533 g/mol. The third-order valence-corrected chi connectivity index (χ3v) is 19.7. The van der Waals surface area contributed by atoms with Crippen molar-refractivity contribution in [3.05, 3.63) is 0 Å². The molecule has 0 radical (unpaired) electrons. The Bertz CT molecular complexity index is 655. The summed E-state index contributed by atoms with van der Waals surface area (Å²) in [7, 11) is 19.6. The summed E-state index contributed by atoms with van der Waals surface area (Å²) in [6, 6.07) is 0. The summed E-state index contributed by atoms with van der Waals surface area (Å²) in [6.07, 6.45) is 7.54. The zero-order valence-electron chi connectivity index (χ0n) is 25.3. The van der Waals surface area contributed by atoms with Crippen molar-refractivity contribution in [2.45, 2.75) is 38.5 Å². The number of piperidine rings is 2. The molecule has 2 aliphatic heterocycles. The lowest BCUT2D eigenvalue weighted by atomic mass is 10.2. The van der Waals surface area contributed by atoms with Crippen LogP contribution >= 0.6 is 22.9 Å². The Morgan fingerprint density at radius 2 is 0.667 bits per heavy atom. The number of hydrogen-bond acceptors (Lipinski definition) is 4. The molecule has 36 heavy (non-hydrogen) atoms. The van der Waals surface area contributed by atoms with Crippen molar-refractivity contribution in [3.63, 3.8) is 0 Å². The number of rotatable bonds is 10. The molecule has 0 saturated carbocycles. The van der Waals surface area contributed by atoms with E-state index in [-0.39, 0.29) is 12.4 Å². The van der Waals surface area contributed by atoms with Gasteiger partial charge in [0.1, 0.15) is 0 Å². The van der Waals surface area contributed by atoms with Gasteiger partial charge in [0, 0.05) is 26.2 Å². The lowest BCUT2D eigenvalue weighted by Crippen LogP contribution is -3.00. The minimum Gasteiger partial charge on any atom is -1.00 e. The fourth-order valence-corrected chi connectivity index (χ4v) is 20.6. The smallest absolute Gasteiger partial charge is 0.405 e. The molecule has 0 atom stereocenters. The highest BCUT2D eigenvalue weighted by Crippen LogP contribution is 2.80. The summed E-state index contributed by atoms with van der Waals surface area (Å²) in [4.78, 5) is 0. The largest absolute Gasteiger partial charge is 1.00 e. The highest BCUT2D eigenvalue weighted by molar-refractivity contribution is 7.80. The van der Waals surface area contributed by atoms with E-state index in [0.29, 0.717) is 0 Å². The molecule has 0 N–H and O–H groups in total. The molecule has 10 nitrogen and oxygen atoms in total. The Morgan fingerprint density at radius 3 is 0.861 bits per heavy atom. The van der Waals surface area contributed by atoms with Gasteiger partial charge in [-0.05, 0) is 119 Å². The van der Waals surface area contributed by atoms with E-state index in [4.69, 9.17) is 9.03 Å². The minimum atomic E-state index is -2.45. The molecule has 2 rings (SSSR count). The van der Waals surface area contributed by atoms with Crippen molar-refractivity contribution in [2.24, 2.45) is 9.03 Å². The standard InChI is InChI=1S/C22H56N10P3.ClH/c1-25(2)34(26(3)4,27(5)6)23-33(31-19-15-13-16-20-31,32-21-17-14-18-22-32)24-35(28(7)8,29(9)10)30(11)12;/h13-22H2,1-12H3;1H/q+1;/p-1. The van der Waals surface area contributed by atoms with Crippen LogP contribution in [-0.2, 0) is 0 Å². The van der Waals surface area contributed by atoms with E-state index < -0.39 is 22.9 Å². The second kappa shape index (κ2) is 14.5. The molecule has 0 spiro atoms. The first-order chi connectivity index (χ1) is 16.3. The van der Waals surface area contributed by atoms with Gasteiger partial charge in [0.05, 0.1) is 0 Å². The molecule has 216 valence electrons. The summed E-state index contributed by atoms with van der Waals surface area (Å²) >= 11 is 0. The molecule has 0 aromatic heterocycles. The molecule has 0 aliphatic carbocycles. The van der Waals surface area contributed by atoms with Gasteiger partial charge < -0.3 is 12.4 Å². The molecule has 2 fully saturated rings. The summed E-state index contributed by atoms with van der Waals surface area (Å²) in [5.74, 6) is 0.